The number of nitrogens with zero attached hydrogens (tertiary/aromatic N) is 4. The van der Waals surface area contributed by atoms with Crippen molar-refractivity contribution in [3.8, 4) is 11.5 Å². The van der Waals surface area contributed by atoms with Crippen LogP contribution in [0.5, 0.6) is 0 Å². The van der Waals surface area contributed by atoms with Crippen LogP contribution in [0.15, 0.2) is 58.1 Å². The normalized spacial score (nSPS) is 14.5. The summed E-state index contributed by atoms with van der Waals surface area (Å²) in [5.74, 6) is 0.294. The molecule has 1 amide bonds. The van der Waals surface area contributed by atoms with Crippen LogP contribution in [-0.2, 0) is 0 Å². The molecular weight excluding hydrogens is 390 g/mol. The van der Waals surface area contributed by atoms with E-state index < -0.39 is 5.56 Å². The predicted octanol–water partition coefficient (Wildman–Crippen LogP) is 2.60. The monoisotopic (exact) mass is 407 g/mol. The Hall–Kier alpha value is -3.46. The Kier molecular flexibility index (Phi) is 4.36. The number of aromatic amines is 1. The van der Waals surface area contributed by atoms with E-state index >= 15 is 0 Å². The molecule has 1 aliphatic rings. The molecule has 9 heteroatoms. The summed E-state index contributed by atoms with van der Waals surface area (Å²) in [5, 5.41) is 0.909. The van der Waals surface area contributed by atoms with Crippen molar-refractivity contribution in [2.75, 3.05) is 31.1 Å². The molecule has 4 aromatic rings. The number of thiazole rings is 1. The molecule has 0 aromatic carbocycles. The number of H-pyrrole nitrogens is 1. The number of rotatable bonds is 3. The number of fused-ring (bicyclic) bond motifs is 1. The molecule has 1 aliphatic heterocycles. The molecule has 0 atom stereocenters. The Balaban J connectivity index is 1.29. The van der Waals surface area contributed by atoms with Crippen LogP contribution in [0.3, 0.4) is 0 Å². The van der Waals surface area contributed by atoms with Crippen molar-refractivity contribution in [1.29, 1.82) is 0 Å². The van der Waals surface area contributed by atoms with Crippen molar-refractivity contribution in [2.24, 2.45) is 0 Å². The summed E-state index contributed by atoms with van der Waals surface area (Å²) in [7, 11) is 0. The zero-order chi connectivity index (χ0) is 19.8. The van der Waals surface area contributed by atoms with Crippen LogP contribution in [0, 0.1) is 0 Å². The van der Waals surface area contributed by atoms with Crippen LogP contribution < -0.4 is 10.5 Å². The summed E-state index contributed by atoms with van der Waals surface area (Å²) in [5.41, 5.74) is 1.15. The molecule has 146 valence electrons. The number of hydrogen-bond acceptors (Lipinski definition) is 7. The Morgan fingerprint density at radius 1 is 1.10 bits per heavy atom. The summed E-state index contributed by atoms with van der Waals surface area (Å²) in [6, 6.07) is 10.6. The molecule has 4 aromatic heterocycles. The summed E-state index contributed by atoms with van der Waals surface area (Å²) in [4.78, 5) is 41.7. The van der Waals surface area contributed by atoms with Gasteiger partial charge in [-0.05, 0) is 36.4 Å². The fraction of sp³-hybridized carbons (Fsp3) is 0.200. The Morgan fingerprint density at radius 2 is 1.97 bits per heavy atom. The molecule has 5 rings (SSSR count). The van der Waals surface area contributed by atoms with Gasteiger partial charge in [0.1, 0.15) is 21.7 Å². The van der Waals surface area contributed by atoms with Crippen LogP contribution in [0.4, 0.5) is 5.13 Å². The van der Waals surface area contributed by atoms with Gasteiger partial charge in [-0.1, -0.05) is 11.3 Å². The molecule has 0 saturated carbocycles. The van der Waals surface area contributed by atoms with Crippen LogP contribution in [0.2, 0.25) is 0 Å². The van der Waals surface area contributed by atoms with Crippen molar-refractivity contribution < 1.29 is 9.21 Å². The smallest absolute Gasteiger partial charge is 0.261 e. The Morgan fingerprint density at radius 3 is 2.69 bits per heavy atom. The lowest BCUT2D eigenvalue weighted by Gasteiger charge is -2.34. The topological polar surface area (TPSA) is 95.3 Å². The third-order valence-corrected chi connectivity index (χ3v) is 5.96. The first kappa shape index (κ1) is 17.6. The van der Waals surface area contributed by atoms with Gasteiger partial charge in [0.15, 0.2) is 5.13 Å². The second-order valence-corrected chi connectivity index (χ2v) is 7.65. The molecule has 1 saturated heterocycles. The van der Waals surface area contributed by atoms with Crippen molar-refractivity contribution >= 4 is 32.7 Å². The van der Waals surface area contributed by atoms with E-state index in [0.717, 1.165) is 15.5 Å². The average Bonchev–Trinajstić information content (AvgIpc) is 3.43. The SMILES string of the molecule is O=C(c1ccc(-c2ccco2)[nH]c1=O)N1CCN(c2nc3cccnc3s2)CC1. The third kappa shape index (κ3) is 3.29. The zero-order valence-electron chi connectivity index (χ0n) is 15.4. The van der Waals surface area contributed by atoms with E-state index in [-0.39, 0.29) is 11.5 Å². The van der Waals surface area contributed by atoms with Gasteiger partial charge in [-0.25, -0.2) is 9.97 Å². The molecule has 29 heavy (non-hydrogen) atoms. The highest BCUT2D eigenvalue weighted by atomic mass is 32.1. The van der Waals surface area contributed by atoms with Crippen LogP contribution in [0.1, 0.15) is 10.4 Å². The maximum atomic E-state index is 12.8. The Labute approximate surface area is 169 Å². The number of carbonyl (C=O) groups excluding carboxylic acids is 1. The molecule has 0 unspecified atom stereocenters. The summed E-state index contributed by atoms with van der Waals surface area (Å²) in [6.45, 7) is 2.38. The number of anilines is 1. The third-order valence-electron chi connectivity index (χ3n) is 4.92. The van der Waals surface area contributed by atoms with Gasteiger partial charge in [0.25, 0.3) is 11.5 Å². The van der Waals surface area contributed by atoms with E-state index in [4.69, 9.17) is 4.42 Å². The van der Waals surface area contributed by atoms with E-state index in [1.54, 1.807) is 46.7 Å². The van der Waals surface area contributed by atoms with Gasteiger partial charge in [-0.3, -0.25) is 9.59 Å². The van der Waals surface area contributed by atoms with Gasteiger partial charge in [-0.2, -0.15) is 0 Å². The lowest BCUT2D eigenvalue weighted by molar-refractivity contribution is 0.0745. The summed E-state index contributed by atoms with van der Waals surface area (Å²) in [6.07, 6.45) is 3.29. The molecular formula is C20H17N5O3S. The van der Waals surface area contributed by atoms with Crippen molar-refractivity contribution in [3.63, 3.8) is 0 Å². The number of carbonyl (C=O) groups is 1. The number of furan rings is 1. The number of piperazine rings is 1. The highest BCUT2D eigenvalue weighted by Crippen LogP contribution is 2.27. The van der Waals surface area contributed by atoms with Crippen LogP contribution >= 0.6 is 11.3 Å². The molecule has 0 radical (unpaired) electrons. The first-order valence-electron chi connectivity index (χ1n) is 9.22. The molecule has 1 fully saturated rings. The number of amides is 1. The van der Waals surface area contributed by atoms with Gasteiger partial charge in [0.2, 0.25) is 0 Å². The second-order valence-electron chi connectivity index (χ2n) is 6.70. The molecule has 1 N–H and O–H groups in total. The van der Waals surface area contributed by atoms with Gasteiger partial charge in [0.05, 0.1) is 12.0 Å². The standard InChI is InChI=1S/C20H17N5O3S/c26-17-13(5-6-14(22-17)16-4-2-12-28-16)19(27)24-8-10-25(11-9-24)20-23-15-3-1-7-21-18(15)29-20/h1-7,12H,8-11H2,(H,22,26). The van der Waals surface area contributed by atoms with Crippen LogP contribution in [-0.4, -0.2) is 51.9 Å². The zero-order valence-corrected chi connectivity index (χ0v) is 16.2. The number of aromatic nitrogens is 3. The van der Waals surface area contributed by atoms with E-state index in [1.165, 1.54) is 6.26 Å². The maximum Gasteiger partial charge on any atom is 0.261 e. The minimum absolute atomic E-state index is 0.137. The summed E-state index contributed by atoms with van der Waals surface area (Å²) >= 11 is 1.55. The first-order valence-corrected chi connectivity index (χ1v) is 10.0. The van der Waals surface area contributed by atoms with Crippen molar-refractivity contribution in [2.45, 2.75) is 0 Å². The number of nitrogens with one attached hydrogen (secondary N) is 1. The first-order chi connectivity index (χ1) is 14.2. The lowest BCUT2D eigenvalue weighted by Crippen LogP contribution is -2.49. The summed E-state index contributed by atoms with van der Waals surface area (Å²) < 4.78 is 5.29. The average molecular weight is 407 g/mol. The molecule has 0 bridgehead atoms. The largest absolute Gasteiger partial charge is 0.463 e. The van der Waals surface area contributed by atoms with Crippen LogP contribution in [0.25, 0.3) is 21.8 Å². The minimum atomic E-state index is -0.413. The quantitative estimate of drug-likeness (QED) is 0.561. The lowest BCUT2D eigenvalue weighted by atomic mass is 10.2. The van der Waals surface area contributed by atoms with Gasteiger partial charge in [0, 0.05) is 32.4 Å². The van der Waals surface area contributed by atoms with Crippen molar-refractivity contribution in [1.82, 2.24) is 19.9 Å². The molecule has 8 nitrogen and oxygen atoms in total. The van der Waals surface area contributed by atoms with E-state index in [1.807, 2.05) is 12.1 Å². The van der Waals surface area contributed by atoms with E-state index in [0.29, 0.717) is 37.6 Å². The fourth-order valence-electron chi connectivity index (χ4n) is 3.38. The molecule has 0 spiro atoms. The van der Waals surface area contributed by atoms with Gasteiger partial charge >= 0.3 is 0 Å². The molecule has 5 heterocycles. The van der Waals surface area contributed by atoms with E-state index in [9.17, 15) is 9.59 Å². The number of hydrogen-bond donors (Lipinski definition) is 1. The maximum absolute atomic E-state index is 12.8. The van der Waals surface area contributed by atoms with Gasteiger partial charge in [-0.15, -0.1) is 0 Å². The van der Waals surface area contributed by atoms with E-state index in [2.05, 4.69) is 19.9 Å². The number of pyridine rings is 2. The Bertz CT molecular complexity index is 1190. The second kappa shape index (κ2) is 7.17. The van der Waals surface area contributed by atoms with Gasteiger partial charge < -0.3 is 19.2 Å². The highest BCUT2D eigenvalue weighted by Gasteiger charge is 2.25. The van der Waals surface area contributed by atoms with Crippen molar-refractivity contribution in [3.05, 3.63) is 64.8 Å². The highest BCUT2D eigenvalue weighted by molar-refractivity contribution is 7.21. The predicted molar refractivity (Wildman–Crippen MR) is 110 cm³/mol. The minimum Gasteiger partial charge on any atom is -0.463 e. The fourth-order valence-corrected chi connectivity index (χ4v) is 4.34. The molecule has 0 aliphatic carbocycles.